The molecule has 0 saturated carbocycles. The maximum absolute atomic E-state index is 12.5. The number of anilines is 1. The lowest BCUT2D eigenvalue weighted by atomic mass is 10.0. The van der Waals surface area contributed by atoms with Crippen LogP contribution in [0, 0.1) is 13.8 Å². The highest BCUT2D eigenvalue weighted by atomic mass is 32.2. The number of ketones is 1. The Morgan fingerprint density at radius 2 is 2.00 bits per heavy atom. The minimum absolute atomic E-state index is 0.119. The van der Waals surface area contributed by atoms with Crippen LogP contribution in [0.1, 0.15) is 21.5 Å². The van der Waals surface area contributed by atoms with E-state index in [1.807, 2.05) is 43.7 Å². The van der Waals surface area contributed by atoms with Crippen molar-refractivity contribution in [3.05, 3.63) is 34.9 Å². The normalized spacial score (nSPS) is 14.9. The maximum atomic E-state index is 12.5. The highest BCUT2D eigenvalue weighted by Crippen LogP contribution is 2.22. The predicted molar refractivity (Wildman–Crippen MR) is 95.0 cm³/mol. The van der Waals surface area contributed by atoms with Gasteiger partial charge in [0.25, 0.3) is 0 Å². The second-order valence-electron chi connectivity index (χ2n) is 5.97. The number of aromatic nitrogens is 3. The summed E-state index contributed by atoms with van der Waals surface area (Å²) in [5.41, 5.74) is 2.97. The Balaban J connectivity index is 1.66. The Morgan fingerprint density at radius 3 is 2.71 bits per heavy atom. The zero-order chi connectivity index (χ0) is 17.1. The maximum Gasteiger partial charge on any atom is 0.227 e. The monoisotopic (exact) mass is 346 g/mol. The summed E-state index contributed by atoms with van der Waals surface area (Å²) in [7, 11) is 1.94. The summed E-state index contributed by atoms with van der Waals surface area (Å²) >= 11 is 1.43. The van der Waals surface area contributed by atoms with E-state index in [0.717, 1.165) is 35.3 Å². The number of carbonyl (C=O) groups is 1. The van der Waals surface area contributed by atoms with Gasteiger partial charge in [-0.15, -0.1) is 10.2 Å². The van der Waals surface area contributed by atoms with E-state index < -0.39 is 0 Å². The number of benzene rings is 1. The van der Waals surface area contributed by atoms with Crippen molar-refractivity contribution in [1.82, 2.24) is 14.8 Å². The lowest BCUT2D eigenvalue weighted by Gasteiger charge is -2.27. The molecule has 1 saturated heterocycles. The molecule has 0 N–H and O–H groups in total. The molecule has 128 valence electrons. The van der Waals surface area contributed by atoms with Crippen LogP contribution in [-0.4, -0.2) is 52.6 Å². The molecule has 0 amide bonds. The molecular weight excluding hydrogens is 324 g/mol. The Morgan fingerprint density at radius 1 is 1.25 bits per heavy atom. The van der Waals surface area contributed by atoms with Gasteiger partial charge in [-0.25, -0.2) is 0 Å². The van der Waals surface area contributed by atoms with Gasteiger partial charge in [-0.3, -0.25) is 9.36 Å². The van der Waals surface area contributed by atoms with E-state index in [-0.39, 0.29) is 5.78 Å². The number of morpholine rings is 1. The molecule has 1 aromatic heterocycles. The van der Waals surface area contributed by atoms with Crippen LogP contribution in [0.5, 0.6) is 0 Å². The number of thioether (sulfide) groups is 1. The smallest absolute Gasteiger partial charge is 0.227 e. The first-order valence-electron chi connectivity index (χ1n) is 8.01. The highest BCUT2D eigenvalue weighted by Gasteiger charge is 2.19. The third-order valence-electron chi connectivity index (χ3n) is 4.12. The van der Waals surface area contributed by atoms with Crippen molar-refractivity contribution in [2.24, 2.45) is 7.05 Å². The van der Waals surface area contributed by atoms with E-state index >= 15 is 0 Å². The zero-order valence-electron chi connectivity index (χ0n) is 14.3. The first kappa shape index (κ1) is 17.0. The van der Waals surface area contributed by atoms with Gasteiger partial charge in [0.05, 0.1) is 19.0 Å². The standard InChI is InChI=1S/C17H22N4O2S/c1-12-4-5-14(13(2)10-12)15(22)11-24-17-19-18-16(20(17)3)21-6-8-23-9-7-21/h4-5,10H,6-9,11H2,1-3H3. The van der Waals surface area contributed by atoms with Crippen LogP contribution in [0.3, 0.4) is 0 Å². The molecule has 0 atom stereocenters. The van der Waals surface area contributed by atoms with Crippen LogP contribution in [0.2, 0.25) is 0 Å². The van der Waals surface area contributed by atoms with E-state index in [1.165, 1.54) is 17.3 Å². The summed E-state index contributed by atoms with van der Waals surface area (Å²) in [6, 6.07) is 5.92. The van der Waals surface area contributed by atoms with Crippen molar-refractivity contribution in [1.29, 1.82) is 0 Å². The van der Waals surface area contributed by atoms with Crippen LogP contribution in [0.25, 0.3) is 0 Å². The molecule has 2 aromatic rings. The van der Waals surface area contributed by atoms with Gasteiger partial charge in [0.1, 0.15) is 0 Å². The second kappa shape index (κ2) is 7.36. The Bertz CT molecular complexity index is 738. The quantitative estimate of drug-likeness (QED) is 0.611. The molecule has 0 aliphatic carbocycles. The number of ether oxygens (including phenoxy) is 1. The van der Waals surface area contributed by atoms with Gasteiger partial charge in [0, 0.05) is 25.7 Å². The summed E-state index contributed by atoms with van der Waals surface area (Å²) in [5.74, 6) is 1.31. The van der Waals surface area contributed by atoms with Crippen molar-refractivity contribution in [3.63, 3.8) is 0 Å². The Kier molecular flexibility index (Phi) is 5.20. The first-order chi connectivity index (χ1) is 11.6. The van der Waals surface area contributed by atoms with Gasteiger partial charge in [-0.2, -0.15) is 0 Å². The molecule has 0 bridgehead atoms. The van der Waals surface area contributed by atoms with Crippen molar-refractivity contribution >= 4 is 23.5 Å². The number of hydrogen-bond donors (Lipinski definition) is 0. The van der Waals surface area contributed by atoms with Crippen LogP contribution in [-0.2, 0) is 11.8 Å². The van der Waals surface area contributed by atoms with Crippen molar-refractivity contribution in [2.45, 2.75) is 19.0 Å². The Hall–Kier alpha value is -1.86. The van der Waals surface area contributed by atoms with E-state index in [2.05, 4.69) is 15.1 Å². The molecular formula is C17H22N4O2S. The van der Waals surface area contributed by atoms with E-state index in [9.17, 15) is 4.79 Å². The van der Waals surface area contributed by atoms with Gasteiger partial charge in [-0.1, -0.05) is 35.5 Å². The number of nitrogens with zero attached hydrogens (tertiary/aromatic N) is 4. The molecule has 3 rings (SSSR count). The summed E-state index contributed by atoms with van der Waals surface area (Å²) < 4.78 is 7.32. The molecule has 1 fully saturated rings. The third-order valence-corrected chi connectivity index (χ3v) is 5.14. The molecule has 0 unspecified atom stereocenters. The fourth-order valence-corrected chi connectivity index (χ4v) is 3.60. The van der Waals surface area contributed by atoms with Gasteiger partial charge >= 0.3 is 0 Å². The highest BCUT2D eigenvalue weighted by molar-refractivity contribution is 7.99. The molecule has 1 aliphatic rings. The summed E-state index contributed by atoms with van der Waals surface area (Å²) in [5, 5.41) is 9.26. The fraction of sp³-hybridized carbons (Fsp3) is 0.471. The molecule has 0 radical (unpaired) electrons. The van der Waals surface area contributed by atoms with E-state index in [4.69, 9.17) is 4.74 Å². The number of rotatable bonds is 5. The molecule has 0 spiro atoms. The van der Waals surface area contributed by atoms with E-state index in [0.29, 0.717) is 19.0 Å². The van der Waals surface area contributed by atoms with Crippen molar-refractivity contribution in [3.8, 4) is 0 Å². The Labute approximate surface area is 146 Å². The molecule has 6 nitrogen and oxygen atoms in total. The number of Topliss-reactive ketones (excluding diaryl/α,β-unsaturated/α-hetero) is 1. The summed E-state index contributed by atoms with van der Waals surface area (Å²) in [6.45, 7) is 7.06. The number of aryl methyl sites for hydroxylation is 2. The SMILES string of the molecule is Cc1ccc(C(=O)CSc2nnc(N3CCOCC3)n2C)c(C)c1. The topological polar surface area (TPSA) is 60.3 Å². The largest absolute Gasteiger partial charge is 0.378 e. The average molecular weight is 346 g/mol. The molecule has 7 heteroatoms. The van der Waals surface area contributed by atoms with Crippen molar-refractivity contribution < 1.29 is 9.53 Å². The lowest BCUT2D eigenvalue weighted by Crippen LogP contribution is -2.37. The second-order valence-corrected chi connectivity index (χ2v) is 6.91. The third kappa shape index (κ3) is 3.62. The number of carbonyl (C=O) groups excluding carboxylic acids is 1. The fourth-order valence-electron chi connectivity index (χ4n) is 2.81. The van der Waals surface area contributed by atoms with Gasteiger partial charge in [0.15, 0.2) is 10.9 Å². The predicted octanol–water partition coefficient (Wildman–Crippen LogP) is 2.24. The molecule has 1 aliphatic heterocycles. The zero-order valence-corrected chi connectivity index (χ0v) is 15.1. The van der Waals surface area contributed by atoms with Gasteiger partial charge in [0.2, 0.25) is 5.95 Å². The number of hydrogen-bond acceptors (Lipinski definition) is 6. The first-order valence-corrected chi connectivity index (χ1v) is 9.00. The minimum Gasteiger partial charge on any atom is -0.378 e. The van der Waals surface area contributed by atoms with Gasteiger partial charge < -0.3 is 9.64 Å². The summed E-state index contributed by atoms with van der Waals surface area (Å²) in [6.07, 6.45) is 0. The van der Waals surface area contributed by atoms with Crippen LogP contribution < -0.4 is 4.90 Å². The van der Waals surface area contributed by atoms with Crippen molar-refractivity contribution in [2.75, 3.05) is 37.0 Å². The van der Waals surface area contributed by atoms with Crippen LogP contribution in [0.4, 0.5) is 5.95 Å². The lowest BCUT2D eigenvalue weighted by molar-refractivity contribution is 0.102. The van der Waals surface area contributed by atoms with E-state index in [1.54, 1.807) is 0 Å². The average Bonchev–Trinajstić information content (AvgIpc) is 2.94. The van der Waals surface area contributed by atoms with Crippen LogP contribution in [0.15, 0.2) is 23.4 Å². The molecule has 1 aromatic carbocycles. The van der Waals surface area contributed by atoms with Crippen LogP contribution >= 0.6 is 11.8 Å². The van der Waals surface area contributed by atoms with Gasteiger partial charge in [-0.05, 0) is 19.4 Å². The molecule has 2 heterocycles. The minimum atomic E-state index is 0.119. The molecule has 24 heavy (non-hydrogen) atoms. The summed E-state index contributed by atoms with van der Waals surface area (Å²) in [4.78, 5) is 14.6.